The minimum atomic E-state index is -3.38. The number of rotatable bonds is 9. The zero-order chi connectivity index (χ0) is 24.3. The molecule has 2 saturated heterocycles. The molecule has 3 N–H and O–H groups in total. The molecule has 1 aromatic heterocycles. The van der Waals surface area contributed by atoms with Crippen molar-refractivity contribution >= 4 is 44.9 Å². The number of hydrogen-bond acceptors (Lipinski definition) is 7. The van der Waals surface area contributed by atoms with E-state index in [0.29, 0.717) is 34.1 Å². The number of aromatic nitrogens is 2. The monoisotopic (exact) mass is 526 g/mol. The van der Waals surface area contributed by atoms with E-state index in [1.807, 2.05) is 25.3 Å². The molecule has 2 aromatic rings. The summed E-state index contributed by atoms with van der Waals surface area (Å²) in [6.07, 6.45) is 6.50. The third-order valence-electron chi connectivity index (χ3n) is 6.76. The van der Waals surface area contributed by atoms with Gasteiger partial charge in [0.1, 0.15) is 11.6 Å². The average molecular weight is 528 g/mol. The second kappa shape index (κ2) is 11.0. The van der Waals surface area contributed by atoms with Crippen molar-refractivity contribution in [3.05, 3.63) is 46.2 Å². The standard InChI is InChI=1S/C23H32Cl2N6O2S/c1-16(20-6-5-19(24)10-21(20)25)28-22-11-27-12-23(29-22)31-14-18(15-31)17-4-2-7-30(13-17)8-3-9-34(26,32)33/h5-6,10-12,16-18H,2-4,7-9,13-15H2,1H3,(H,28,29)(H2,26,32,33)/t16-,17-/m1/s1. The van der Waals surface area contributed by atoms with Gasteiger partial charge in [0.25, 0.3) is 0 Å². The van der Waals surface area contributed by atoms with E-state index in [1.54, 1.807) is 12.3 Å². The normalized spacial score (nSPS) is 20.7. The molecule has 0 amide bonds. The smallest absolute Gasteiger partial charge is 0.209 e. The average Bonchev–Trinajstić information content (AvgIpc) is 2.72. The largest absolute Gasteiger partial charge is 0.362 e. The van der Waals surface area contributed by atoms with Crippen molar-refractivity contribution in [1.82, 2.24) is 14.9 Å². The van der Waals surface area contributed by atoms with Gasteiger partial charge in [-0.25, -0.2) is 18.5 Å². The number of nitrogens with two attached hydrogens (primary N) is 1. The molecule has 0 spiro atoms. The first-order valence-electron chi connectivity index (χ1n) is 11.7. The fourth-order valence-electron chi connectivity index (χ4n) is 4.90. The second-order valence-corrected chi connectivity index (χ2v) is 12.0. The van der Waals surface area contributed by atoms with Crippen LogP contribution in [0.3, 0.4) is 0 Å². The van der Waals surface area contributed by atoms with E-state index in [0.717, 1.165) is 50.5 Å². The lowest BCUT2D eigenvalue weighted by atomic mass is 9.80. The molecule has 1 aromatic carbocycles. The minimum absolute atomic E-state index is 0.0408. The van der Waals surface area contributed by atoms with Gasteiger partial charge in [-0.3, -0.25) is 4.98 Å². The second-order valence-electron chi connectivity index (χ2n) is 9.38. The maximum Gasteiger partial charge on any atom is 0.209 e. The van der Waals surface area contributed by atoms with Gasteiger partial charge in [0.05, 0.1) is 24.2 Å². The molecule has 0 radical (unpaired) electrons. The van der Waals surface area contributed by atoms with Gasteiger partial charge in [0, 0.05) is 29.7 Å². The Morgan fingerprint density at radius 2 is 2.00 bits per heavy atom. The maximum absolute atomic E-state index is 11.2. The topological polar surface area (TPSA) is 104 Å². The highest BCUT2D eigenvalue weighted by molar-refractivity contribution is 7.89. The van der Waals surface area contributed by atoms with E-state index in [2.05, 4.69) is 20.1 Å². The molecule has 3 heterocycles. The van der Waals surface area contributed by atoms with Crippen LogP contribution in [-0.4, -0.2) is 61.8 Å². The highest BCUT2D eigenvalue weighted by atomic mass is 35.5. The molecule has 186 valence electrons. The lowest BCUT2D eigenvalue weighted by molar-refractivity contribution is 0.120. The fraction of sp³-hybridized carbons (Fsp3) is 0.565. The van der Waals surface area contributed by atoms with Gasteiger partial charge in [0.2, 0.25) is 10.0 Å². The first-order chi connectivity index (χ1) is 16.2. The van der Waals surface area contributed by atoms with Crippen molar-refractivity contribution in [3.63, 3.8) is 0 Å². The molecule has 11 heteroatoms. The van der Waals surface area contributed by atoms with E-state index in [4.69, 9.17) is 33.3 Å². The van der Waals surface area contributed by atoms with Crippen molar-refractivity contribution in [2.24, 2.45) is 17.0 Å². The zero-order valence-electron chi connectivity index (χ0n) is 19.3. The van der Waals surface area contributed by atoms with E-state index < -0.39 is 10.0 Å². The first kappa shape index (κ1) is 25.4. The highest BCUT2D eigenvalue weighted by Gasteiger charge is 2.36. The summed E-state index contributed by atoms with van der Waals surface area (Å²) in [5.41, 5.74) is 0.952. The maximum atomic E-state index is 11.2. The first-order valence-corrected chi connectivity index (χ1v) is 14.2. The van der Waals surface area contributed by atoms with Crippen molar-refractivity contribution in [1.29, 1.82) is 0 Å². The predicted molar refractivity (Wildman–Crippen MR) is 138 cm³/mol. The molecule has 8 nitrogen and oxygen atoms in total. The number of primary sulfonamides is 1. The number of anilines is 2. The number of hydrogen-bond donors (Lipinski definition) is 2. The molecule has 2 atom stereocenters. The predicted octanol–water partition coefficient (Wildman–Crippen LogP) is 3.78. The summed E-state index contributed by atoms with van der Waals surface area (Å²) in [5.74, 6) is 2.87. The van der Waals surface area contributed by atoms with E-state index in [1.165, 1.54) is 6.42 Å². The van der Waals surface area contributed by atoms with Crippen LogP contribution in [0.25, 0.3) is 0 Å². The molecule has 4 rings (SSSR count). The van der Waals surface area contributed by atoms with Crippen molar-refractivity contribution in [2.45, 2.75) is 32.2 Å². The number of nitrogens with one attached hydrogen (secondary N) is 1. The van der Waals surface area contributed by atoms with Crippen LogP contribution in [0.15, 0.2) is 30.6 Å². The van der Waals surface area contributed by atoms with Crippen LogP contribution < -0.4 is 15.4 Å². The molecule has 0 unspecified atom stereocenters. The Morgan fingerprint density at radius 3 is 2.74 bits per heavy atom. The quantitative estimate of drug-likeness (QED) is 0.512. The molecule has 2 aliphatic heterocycles. The molecular weight excluding hydrogens is 495 g/mol. The number of likely N-dealkylation sites (tertiary alicyclic amines) is 1. The molecule has 34 heavy (non-hydrogen) atoms. The Kier molecular flexibility index (Phi) is 8.20. The van der Waals surface area contributed by atoms with Crippen LogP contribution in [-0.2, 0) is 10.0 Å². The molecular formula is C23H32Cl2N6O2S. The Hall–Kier alpha value is -1.65. The zero-order valence-corrected chi connectivity index (χ0v) is 21.7. The number of halogens is 2. The Labute approximate surface area is 211 Å². The van der Waals surface area contributed by atoms with Gasteiger partial charge in [-0.1, -0.05) is 29.3 Å². The SMILES string of the molecule is C[C@@H](Nc1cncc(N2CC([C@@H]3CCCN(CCCS(N)(=O)=O)C3)C2)n1)c1ccc(Cl)cc1Cl. The van der Waals surface area contributed by atoms with Crippen molar-refractivity contribution < 1.29 is 8.42 Å². The lowest BCUT2D eigenvalue weighted by Gasteiger charge is -2.47. The summed E-state index contributed by atoms with van der Waals surface area (Å²) in [6.45, 7) is 6.81. The van der Waals surface area contributed by atoms with Gasteiger partial charge in [0.15, 0.2) is 0 Å². The van der Waals surface area contributed by atoms with Crippen molar-refractivity contribution in [2.75, 3.05) is 48.7 Å². The molecule has 0 saturated carbocycles. The van der Waals surface area contributed by atoms with Crippen LogP contribution in [0.2, 0.25) is 10.0 Å². The van der Waals surface area contributed by atoms with E-state index >= 15 is 0 Å². The van der Waals surface area contributed by atoms with Crippen LogP contribution in [0.5, 0.6) is 0 Å². The van der Waals surface area contributed by atoms with Gasteiger partial charge in [-0.15, -0.1) is 0 Å². The van der Waals surface area contributed by atoms with Gasteiger partial charge in [-0.05, 0) is 68.8 Å². The summed E-state index contributed by atoms with van der Waals surface area (Å²) in [7, 11) is -3.38. The summed E-state index contributed by atoms with van der Waals surface area (Å²) in [6, 6.07) is 5.45. The summed E-state index contributed by atoms with van der Waals surface area (Å²) in [4.78, 5) is 13.8. The van der Waals surface area contributed by atoms with Gasteiger partial charge >= 0.3 is 0 Å². The number of benzene rings is 1. The molecule has 2 aliphatic rings. The van der Waals surface area contributed by atoms with Crippen LogP contribution in [0, 0.1) is 11.8 Å². The summed E-state index contributed by atoms with van der Waals surface area (Å²) < 4.78 is 22.4. The fourth-order valence-corrected chi connectivity index (χ4v) is 6.00. The van der Waals surface area contributed by atoms with Crippen LogP contribution in [0.1, 0.15) is 37.8 Å². The van der Waals surface area contributed by atoms with E-state index in [-0.39, 0.29) is 11.8 Å². The summed E-state index contributed by atoms with van der Waals surface area (Å²) in [5, 5.41) is 9.74. The van der Waals surface area contributed by atoms with Crippen LogP contribution >= 0.6 is 23.2 Å². The Morgan fingerprint density at radius 1 is 1.21 bits per heavy atom. The van der Waals surface area contributed by atoms with Gasteiger partial charge < -0.3 is 15.1 Å². The van der Waals surface area contributed by atoms with Gasteiger partial charge in [-0.2, -0.15) is 0 Å². The summed E-state index contributed by atoms with van der Waals surface area (Å²) >= 11 is 12.4. The highest BCUT2D eigenvalue weighted by Crippen LogP contribution is 2.34. The molecule has 0 bridgehead atoms. The van der Waals surface area contributed by atoms with Crippen LogP contribution in [0.4, 0.5) is 11.6 Å². The minimum Gasteiger partial charge on any atom is -0.362 e. The number of sulfonamides is 1. The number of piperidine rings is 1. The molecule has 2 fully saturated rings. The number of nitrogens with zero attached hydrogens (tertiary/aromatic N) is 4. The third-order valence-corrected chi connectivity index (χ3v) is 8.18. The van der Waals surface area contributed by atoms with E-state index in [9.17, 15) is 8.42 Å². The molecule has 0 aliphatic carbocycles. The Balaban J connectivity index is 1.28. The van der Waals surface area contributed by atoms with Crippen molar-refractivity contribution in [3.8, 4) is 0 Å². The third kappa shape index (κ3) is 6.73. The lowest BCUT2D eigenvalue weighted by Crippen LogP contribution is -2.54. The Bertz CT molecular complexity index is 1100.